The second kappa shape index (κ2) is 9.14. The largest absolute Gasteiger partial charge is 0.489 e. The zero-order valence-corrected chi connectivity index (χ0v) is 14.4. The van der Waals surface area contributed by atoms with Crippen LogP contribution in [0.1, 0.15) is 51.0 Å². The summed E-state index contributed by atoms with van der Waals surface area (Å²) in [5.41, 5.74) is 1.16. The summed E-state index contributed by atoms with van der Waals surface area (Å²) in [6.45, 7) is 2.77. The average Bonchev–Trinajstić information content (AvgIpc) is 2.98. The Kier molecular flexibility index (Phi) is 7.18. The molecule has 5 heteroatoms. The van der Waals surface area contributed by atoms with E-state index in [-0.39, 0.29) is 6.10 Å². The number of carboxylic acids is 1. The number of hydrogen-bond donors (Lipinski definition) is 2. The molecule has 2 atom stereocenters. The molecule has 1 heterocycles. The number of hydrogen-bond acceptors (Lipinski definition) is 3. The van der Waals surface area contributed by atoms with Crippen LogP contribution >= 0.6 is 11.6 Å². The van der Waals surface area contributed by atoms with E-state index in [0.717, 1.165) is 23.4 Å². The first-order chi connectivity index (χ1) is 11.1. The summed E-state index contributed by atoms with van der Waals surface area (Å²) in [6.07, 6.45) is 7.60. The van der Waals surface area contributed by atoms with Gasteiger partial charge in [0.1, 0.15) is 17.9 Å². The van der Waals surface area contributed by atoms with Crippen molar-refractivity contribution in [3.8, 4) is 5.75 Å². The first kappa shape index (κ1) is 18.1. The molecular formula is C18H26ClNO3. The van der Waals surface area contributed by atoms with Crippen molar-refractivity contribution >= 4 is 17.6 Å². The van der Waals surface area contributed by atoms with Gasteiger partial charge in [0.2, 0.25) is 0 Å². The predicted molar refractivity (Wildman–Crippen MR) is 92.4 cm³/mol. The van der Waals surface area contributed by atoms with Crippen molar-refractivity contribution < 1.29 is 14.6 Å². The van der Waals surface area contributed by atoms with Crippen LogP contribution in [0.3, 0.4) is 0 Å². The van der Waals surface area contributed by atoms with Crippen LogP contribution in [0.25, 0.3) is 0 Å². The molecule has 1 saturated heterocycles. The number of carbonyl (C=O) groups is 1. The van der Waals surface area contributed by atoms with Crippen LogP contribution < -0.4 is 10.1 Å². The molecule has 0 amide bonds. The molecule has 0 bridgehead atoms. The summed E-state index contributed by atoms with van der Waals surface area (Å²) in [6, 6.07) is 5.28. The highest BCUT2D eigenvalue weighted by Crippen LogP contribution is 2.26. The van der Waals surface area contributed by atoms with Gasteiger partial charge in [-0.2, -0.15) is 0 Å². The fourth-order valence-corrected chi connectivity index (χ4v) is 3.16. The summed E-state index contributed by atoms with van der Waals surface area (Å²) >= 11 is 6.34. The van der Waals surface area contributed by atoms with Gasteiger partial charge in [-0.25, -0.2) is 0 Å². The number of carboxylic acid groups (broad SMARTS) is 1. The first-order valence-electron chi connectivity index (χ1n) is 8.51. The van der Waals surface area contributed by atoms with E-state index in [4.69, 9.17) is 21.4 Å². The molecule has 2 N–H and O–H groups in total. The summed E-state index contributed by atoms with van der Waals surface area (Å²) < 4.78 is 5.84. The van der Waals surface area contributed by atoms with Gasteiger partial charge < -0.3 is 15.2 Å². The molecule has 0 saturated carbocycles. The smallest absolute Gasteiger partial charge is 0.320 e. The van der Waals surface area contributed by atoms with E-state index >= 15 is 0 Å². The summed E-state index contributed by atoms with van der Waals surface area (Å²) in [7, 11) is 0. The fraction of sp³-hybridized carbons (Fsp3) is 0.611. The maximum Gasteiger partial charge on any atom is 0.320 e. The third-order valence-corrected chi connectivity index (χ3v) is 4.62. The van der Waals surface area contributed by atoms with Gasteiger partial charge in [0, 0.05) is 18.0 Å². The Balaban J connectivity index is 1.81. The summed E-state index contributed by atoms with van der Waals surface area (Å²) in [5.74, 6) is -0.116. The quantitative estimate of drug-likeness (QED) is 0.666. The third kappa shape index (κ3) is 5.70. The van der Waals surface area contributed by atoms with Gasteiger partial charge in [0.15, 0.2) is 0 Å². The molecule has 0 aliphatic carbocycles. The standard InChI is InChI=1S/C18H26ClNO3/c1-2-3-4-5-6-7-13-8-9-14(10-16(13)19)23-15-11-17(18(21)22)20-12-15/h8-10,15,17,20H,2-7,11-12H2,1H3,(H,21,22)/t15-,17-/m0/s1. The molecule has 1 fully saturated rings. The number of rotatable bonds is 9. The number of benzene rings is 1. The lowest BCUT2D eigenvalue weighted by atomic mass is 10.1. The topological polar surface area (TPSA) is 58.6 Å². The van der Waals surface area contributed by atoms with Crippen molar-refractivity contribution in [1.29, 1.82) is 0 Å². The highest BCUT2D eigenvalue weighted by Gasteiger charge is 2.30. The molecule has 1 aromatic carbocycles. The van der Waals surface area contributed by atoms with Gasteiger partial charge in [-0.15, -0.1) is 0 Å². The van der Waals surface area contributed by atoms with Gasteiger partial charge in [-0.05, 0) is 30.5 Å². The molecule has 1 aromatic rings. The fourth-order valence-electron chi connectivity index (χ4n) is 2.90. The average molecular weight is 340 g/mol. The van der Waals surface area contributed by atoms with Crippen molar-refractivity contribution in [2.24, 2.45) is 0 Å². The third-order valence-electron chi connectivity index (χ3n) is 4.27. The maximum absolute atomic E-state index is 10.9. The number of halogens is 1. The SMILES string of the molecule is CCCCCCCc1ccc(O[C@@H]2CN[C@H](C(=O)O)C2)cc1Cl. The van der Waals surface area contributed by atoms with E-state index in [1.165, 1.54) is 25.7 Å². The lowest BCUT2D eigenvalue weighted by Gasteiger charge is -2.14. The Hall–Kier alpha value is -1.26. The van der Waals surface area contributed by atoms with Crippen LogP contribution in [0, 0.1) is 0 Å². The minimum atomic E-state index is -0.826. The van der Waals surface area contributed by atoms with Crippen LogP contribution in [-0.2, 0) is 11.2 Å². The zero-order valence-electron chi connectivity index (χ0n) is 13.7. The van der Waals surface area contributed by atoms with Crippen molar-refractivity contribution in [3.63, 3.8) is 0 Å². The van der Waals surface area contributed by atoms with E-state index in [9.17, 15) is 4.79 Å². The first-order valence-corrected chi connectivity index (χ1v) is 8.89. The molecule has 0 spiro atoms. The Labute approximate surface area is 143 Å². The minimum Gasteiger partial charge on any atom is -0.489 e. The Bertz CT molecular complexity index is 521. The van der Waals surface area contributed by atoms with Gasteiger partial charge in [0.25, 0.3) is 0 Å². The van der Waals surface area contributed by atoms with Crippen LogP contribution in [-0.4, -0.2) is 29.8 Å². The Morgan fingerprint density at radius 1 is 1.35 bits per heavy atom. The van der Waals surface area contributed by atoms with Gasteiger partial charge in [-0.1, -0.05) is 50.3 Å². The highest BCUT2D eigenvalue weighted by atomic mass is 35.5. The Morgan fingerprint density at radius 3 is 2.78 bits per heavy atom. The molecule has 1 aliphatic rings. The lowest BCUT2D eigenvalue weighted by Crippen LogP contribution is -2.30. The number of unbranched alkanes of at least 4 members (excludes halogenated alkanes) is 4. The number of ether oxygens (including phenoxy) is 1. The molecule has 0 aromatic heterocycles. The van der Waals surface area contributed by atoms with Gasteiger partial charge in [-0.3, -0.25) is 4.79 Å². The predicted octanol–water partition coefficient (Wildman–Crippen LogP) is 4.05. The number of nitrogens with one attached hydrogen (secondary N) is 1. The van der Waals surface area contributed by atoms with Gasteiger partial charge >= 0.3 is 5.97 Å². The summed E-state index contributed by atoms with van der Waals surface area (Å²) in [5, 5.41) is 12.6. The van der Waals surface area contributed by atoms with Crippen LogP contribution in [0.2, 0.25) is 5.02 Å². The van der Waals surface area contributed by atoms with Crippen LogP contribution in [0.4, 0.5) is 0 Å². The van der Waals surface area contributed by atoms with Crippen molar-refractivity contribution in [3.05, 3.63) is 28.8 Å². The molecule has 23 heavy (non-hydrogen) atoms. The van der Waals surface area contributed by atoms with Gasteiger partial charge in [0.05, 0.1) is 0 Å². The lowest BCUT2D eigenvalue weighted by molar-refractivity contribution is -0.139. The number of aliphatic carboxylic acids is 1. The van der Waals surface area contributed by atoms with E-state index in [1.807, 2.05) is 18.2 Å². The van der Waals surface area contributed by atoms with E-state index in [1.54, 1.807) is 0 Å². The zero-order chi connectivity index (χ0) is 16.7. The second-order valence-electron chi connectivity index (χ2n) is 6.19. The van der Waals surface area contributed by atoms with Crippen LogP contribution in [0.15, 0.2) is 18.2 Å². The Morgan fingerprint density at radius 2 is 2.13 bits per heavy atom. The molecule has 0 unspecified atom stereocenters. The molecule has 2 rings (SSSR count). The summed E-state index contributed by atoms with van der Waals surface area (Å²) in [4.78, 5) is 10.9. The normalized spacial score (nSPS) is 20.6. The van der Waals surface area contributed by atoms with E-state index < -0.39 is 12.0 Å². The maximum atomic E-state index is 10.9. The van der Waals surface area contributed by atoms with E-state index in [2.05, 4.69) is 12.2 Å². The monoisotopic (exact) mass is 339 g/mol. The molecule has 0 radical (unpaired) electrons. The molecule has 4 nitrogen and oxygen atoms in total. The van der Waals surface area contributed by atoms with Crippen molar-refractivity contribution in [1.82, 2.24) is 5.32 Å². The number of aryl methyl sites for hydroxylation is 1. The molecular weight excluding hydrogens is 314 g/mol. The van der Waals surface area contributed by atoms with E-state index in [0.29, 0.717) is 18.7 Å². The molecule has 128 valence electrons. The minimum absolute atomic E-state index is 0.118. The highest BCUT2D eigenvalue weighted by molar-refractivity contribution is 6.31. The van der Waals surface area contributed by atoms with Crippen molar-refractivity contribution in [2.75, 3.05) is 6.54 Å². The second-order valence-corrected chi connectivity index (χ2v) is 6.60. The van der Waals surface area contributed by atoms with Crippen LogP contribution in [0.5, 0.6) is 5.75 Å². The molecule has 1 aliphatic heterocycles. The van der Waals surface area contributed by atoms with Crippen molar-refractivity contribution in [2.45, 2.75) is 64.0 Å².